The molecule has 0 amide bonds. The van der Waals surface area contributed by atoms with Gasteiger partial charge in [0.15, 0.2) is 6.29 Å². The van der Waals surface area contributed by atoms with Crippen LogP contribution < -0.4 is 0 Å². The van der Waals surface area contributed by atoms with Crippen LogP contribution in [0, 0.1) is 50.0 Å². The van der Waals surface area contributed by atoms with Crippen LogP contribution in [0.25, 0.3) is 0 Å². The van der Waals surface area contributed by atoms with E-state index in [-0.39, 0.29) is 76.0 Å². The fraction of sp³-hybridized carbons (Fsp3) is 1.00. The van der Waals surface area contributed by atoms with Gasteiger partial charge in [0.25, 0.3) is 0 Å². The van der Waals surface area contributed by atoms with Gasteiger partial charge in [-0.05, 0) is 6.92 Å². The van der Waals surface area contributed by atoms with E-state index in [0.717, 1.165) is 0 Å². The third-order valence-corrected chi connectivity index (χ3v) is 4.77. The summed E-state index contributed by atoms with van der Waals surface area (Å²) in [7, 11) is 5.10. The number of aliphatic hydroxyl groups excluding tert-OH is 2. The summed E-state index contributed by atoms with van der Waals surface area (Å²) in [5.74, 6) is -0.0111. The monoisotopic (exact) mass is 621 g/mol. The van der Waals surface area contributed by atoms with E-state index in [1.807, 2.05) is 20.6 Å². The molecule has 147 valence electrons. The van der Waals surface area contributed by atoms with Crippen LogP contribution in [0.5, 0.6) is 0 Å². The van der Waals surface area contributed by atoms with Gasteiger partial charge in [0.1, 0.15) is 12.2 Å². The van der Waals surface area contributed by atoms with Gasteiger partial charge in [-0.2, -0.15) is 0 Å². The fourth-order valence-corrected chi connectivity index (χ4v) is 3.54. The van der Waals surface area contributed by atoms with Crippen LogP contribution in [0.1, 0.15) is 13.8 Å². The van der Waals surface area contributed by atoms with Crippen LogP contribution >= 0.6 is 18.2 Å². The molecule has 10 unspecified atom stereocenters. The zero-order valence-corrected chi connectivity index (χ0v) is 22.9. The topological polar surface area (TPSA) is 86.6 Å². The first-order valence-electron chi connectivity index (χ1n) is 8.77. The molecule has 0 spiro atoms. The normalized spacial score (nSPS) is 40.6. The molecule has 0 aliphatic carbocycles. The van der Waals surface area contributed by atoms with E-state index in [1.54, 1.807) is 6.92 Å². The van der Waals surface area contributed by atoms with E-state index >= 15 is 0 Å². The minimum Gasteiger partial charge on any atom is -0.424 e. The van der Waals surface area contributed by atoms with Gasteiger partial charge in [0.05, 0.1) is 37.6 Å². The number of hydrogen-bond donors (Lipinski definition) is 2. The summed E-state index contributed by atoms with van der Waals surface area (Å²) in [4.78, 5) is 0. The van der Waals surface area contributed by atoms with E-state index in [1.165, 1.54) is 0 Å². The van der Waals surface area contributed by atoms with Crippen LogP contribution in [-0.2, 0) is 23.5 Å². The third kappa shape index (κ3) is 7.14. The average molecular weight is 621 g/mol. The van der Waals surface area contributed by atoms with Gasteiger partial charge in [-0.3, -0.25) is 0 Å². The Hall–Kier alpha value is 2.15. The zero-order chi connectivity index (χ0) is 18.7. The number of hydrogen-bond acceptors (Lipinski definition) is 7. The van der Waals surface area contributed by atoms with Gasteiger partial charge >= 0.3 is 13.3 Å². The van der Waals surface area contributed by atoms with E-state index in [0.29, 0.717) is 6.61 Å². The van der Waals surface area contributed by atoms with E-state index in [2.05, 4.69) is 18.2 Å². The van der Waals surface area contributed by atoms with Gasteiger partial charge in [0, 0.05) is 50.0 Å². The van der Waals surface area contributed by atoms with E-state index in [4.69, 9.17) is 23.5 Å². The number of aliphatic hydroxyl groups is 2. The Morgan fingerprint density at radius 1 is 0.923 bits per heavy atom. The van der Waals surface area contributed by atoms with Crippen molar-refractivity contribution in [2.24, 2.45) is 5.92 Å². The largest absolute Gasteiger partial charge is 0.424 e. The second-order valence-electron chi connectivity index (χ2n) is 6.98. The molecule has 2 aliphatic heterocycles. The van der Waals surface area contributed by atoms with Crippen molar-refractivity contribution < 1.29 is 77.8 Å². The molecule has 0 bridgehead atoms. The van der Waals surface area contributed by atoms with Crippen LogP contribution in [0.15, 0.2) is 0 Å². The first-order chi connectivity index (χ1) is 11.7. The second kappa shape index (κ2) is 12.1. The Labute approximate surface area is 197 Å². The molecule has 0 aromatic rings. The van der Waals surface area contributed by atoms with Crippen LogP contribution in [0.4, 0.5) is 0 Å². The van der Waals surface area contributed by atoms with Crippen LogP contribution in [0.3, 0.4) is 0 Å². The SMILES string of the molecule is CB(P)OC1COC(OC2C(C)COC(C)C2O)C(O)C1OB(C)P.[Ac]. The van der Waals surface area contributed by atoms with Crippen molar-refractivity contribution in [3.63, 3.8) is 0 Å². The molecule has 1 radical (unpaired) electrons. The summed E-state index contributed by atoms with van der Waals surface area (Å²) < 4.78 is 28.8. The molecular formula is C14H30AcB2O7P2. The molecule has 2 fully saturated rings. The summed E-state index contributed by atoms with van der Waals surface area (Å²) in [5, 5.41) is 21.1. The van der Waals surface area contributed by atoms with Crippen molar-refractivity contribution >= 4 is 31.5 Å². The molecule has 2 heterocycles. The van der Waals surface area contributed by atoms with Crippen molar-refractivity contribution in [2.45, 2.75) is 70.4 Å². The molecule has 0 aromatic carbocycles. The van der Waals surface area contributed by atoms with Gasteiger partial charge in [-0.15, -0.1) is 18.2 Å². The van der Waals surface area contributed by atoms with Gasteiger partial charge in [0.2, 0.25) is 0 Å². The molecule has 10 atom stereocenters. The Morgan fingerprint density at radius 2 is 1.54 bits per heavy atom. The van der Waals surface area contributed by atoms with Gasteiger partial charge in [-0.1, -0.05) is 20.6 Å². The van der Waals surface area contributed by atoms with Crippen molar-refractivity contribution in [2.75, 3.05) is 13.2 Å². The predicted octanol–water partition coefficient (Wildman–Crippen LogP) is 0.261. The summed E-state index contributed by atoms with van der Waals surface area (Å²) in [5.41, 5.74) is 0. The summed E-state index contributed by atoms with van der Waals surface area (Å²) in [6.07, 6.45) is -4.48. The average Bonchev–Trinajstić information content (AvgIpc) is 2.52. The van der Waals surface area contributed by atoms with Crippen molar-refractivity contribution in [1.29, 1.82) is 0 Å². The predicted molar refractivity (Wildman–Crippen MR) is 104 cm³/mol. The Bertz CT molecular complexity index is 427. The first kappa shape index (κ1) is 26.2. The maximum absolute atomic E-state index is 10.7. The summed E-state index contributed by atoms with van der Waals surface area (Å²) >= 11 is 0. The molecule has 7 nitrogen and oxygen atoms in total. The molecule has 26 heavy (non-hydrogen) atoms. The molecule has 2 rings (SSSR count). The van der Waals surface area contributed by atoms with Crippen LogP contribution in [0.2, 0.25) is 13.6 Å². The summed E-state index contributed by atoms with van der Waals surface area (Å²) in [6.45, 7) is 7.99. The van der Waals surface area contributed by atoms with Crippen molar-refractivity contribution in [3.8, 4) is 0 Å². The quantitative estimate of drug-likeness (QED) is 0.326. The Kier molecular flexibility index (Phi) is 12.2. The second-order valence-corrected chi connectivity index (χ2v) is 8.86. The number of ether oxygens (including phenoxy) is 3. The molecule has 2 N–H and O–H groups in total. The minimum atomic E-state index is -1.02. The standard InChI is InChI=1S/C14H30B2O7P2.Ac/c1-7-5-19-8(2)10(17)12(7)21-14-11(18)13(23-16(4)25)9(6-20-14)22-15(3)24;/h7-14,17-18H,5-6,24-25H2,1-4H3;. The maximum atomic E-state index is 10.7. The van der Waals surface area contributed by atoms with Crippen molar-refractivity contribution in [3.05, 3.63) is 0 Å². The molecule has 12 heteroatoms. The molecule has 2 saturated heterocycles. The smallest absolute Gasteiger partial charge is 0.312 e. The molecule has 0 aromatic heterocycles. The van der Waals surface area contributed by atoms with Gasteiger partial charge < -0.3 is 33.7 Å². The molecular weight excluding hydrogens is 591 g/mol. The Morgan fingerprint density at radius 3 is 2.12 bits per heavy atom. The Balaban J connectivity index is 0.00000338. The van der Waals surface area contributed by atoms with Gasteiger partial charge in [-0.25, -0.2) is 0 Å². The third-order valence-electron chi connectivity index (χ3n) is 4.46. The van der Waals surface area contributed by atoms with E-state index < -0.39 is 36.8 Å². The maximum Gasteiger partial charge on any atom is 0.312 e. The fourth-order valence-electron chi connectivity index (χ4n) is 3.16. The van der Waals surface area contributed by atoms with Crippen molar-refractivity contribution in [1.82, 2.24) is 0 Å². The van der Waals surface area contributed by atoms with Crippen LogP contribution in [-0.4, -0.2) is 79.6 Å². The number of rotatable bonds is 6. The first-order valence-corrected chi connectivity index (χ1v) is 10.1. The van der Waals surface area contributed by atoms with E-state index in [9.17, 15) is 10.2 Å². The minimum absolute atomic E-state index is 0. The summed E-state index contributed by atoms with van der Waals surface area (Å²) in [6, 6.07) is 0. The molecule has 2 aliphatic rings. The molecule has 0 saturated carbocycles. The zero-order valence-electron chi connectivity index (χ0n) is 15.9.